The number of hydrogen-bond donors (Lipinski definition) is 0. The second kappa shape index (κ2) is 4.49. The van der Waals surface area contributed by atoms with Crippen LogP contribution in [0.1, 0.15) is 41.4 Å². The van der Waals surface area contributed by atoms with Crippen molar-refractivity contribution in [3.05, 3.63) is 47.3 Å². The highest BCUT2D eigenvalue weighted by Crippen LogP contribution is 2.16. The molecule has 1 heterocycles. The Kier molecular flexibility index (Phi) is 3.04. The Morgan fingerprint density at radius 2 is 1.88 bits per heavy atom. The average Bonchev–Trinajstić information content (AvgIpc) is 2.74. The number of carbonyl (C=O) groups excluding carboxylic acids is 1. The zero-order chi connectivity index (χ0) is 12.4. The molecule has 0 aliphatic rings. The monoisotopic (exact) mass is 229 g/mol. The van der Waals surface area contributed by atoms with E-state index in [1.54, 1.807) is 7.05 Å². The fourth-order valence-corrected chi connectivity index (χ4v) is 1.66. The summed E-state index contributed by atoms with van der Waals surface area (Å²) in [6, 6.07) is 7.68. The molecular formula is C13H15N3O. The molecule has 0 bridgehead atoms. The van der Waals surface area contributed by atoms with Crippen molar-refractivity contribution in [2.24, 2.45) is 7.05 Å². The van der Waals surface area contributed by atoms with E-state index in [0.29, 0.717) is 17.2 Å². The van der Waals surface area contributed by atoms with Crippen LogP contribution in [0.25, 0.3) is 0 Å². The van der Waals surface area contributed by atoms with Gasteiger partial charge in [-0.1, -0.05) is 43.3 Å². The van der Waals surface area contributed by atoms with E-state index in [2.05, 4.69) is 24.2 Å². The summed E-state index contributed by atoms with van der Waals surface area (Å²) >= 11 is 0. The van der Waals surface area contributed by atoms with Crippen molar-refractivity contribution in [1.82, 2.24) is 15.0 Å². The molecule has 0 atom stereocenters. The highest BCUT2D eigenvalue weighted by molar-refractivity contribution is 6.07. The topological polar surface area (TPSA) is 47.8 Å². The van der Waals surface area contributed by atoms with Gasteiger partial charge in [-0.2, -0.15) is 0 Å². The van der Waals surface area contributed by atoms with Crippen molar-refractivity contribution in [2.75, 3.05) is 0 Å². The Hall–Kier alpha value is -1.97. The molecule has 0 aliphatic heterocycles. The van der Waals surface area contributed by atoms with E-state index in [1.165, 1.54) is 16.4 Å². The lowest BCUT2D eigenvalue weighted by molar-refractivity contribution is 0.103. The molecule has 0 fully saturated rings. The zero-order valence-corrected chi connectivity index (χ0v) is 10.2. The molecule has 0 saturated carbocycles. The first-order chi connectivity index (χ1) is 8.09. The lowest BCUT2D eigenvalue weighted by Crippen LogP contribution is -2.08. The Morgan fingerprint density at radius 3 is 2.35 bits per heavy atom. The summed E-state index contributed by atoms with van der Waals surface area (Å²) in [5.74, 6) is 0.422. The van der Waals surface area contributed by atoms with E-state index in [1.807, 2.05) is 24.3 Å². The fourth-order valence-electron chi connectivity index (χ4n) is 1.66. The predicted molar refractivity (Wildman–Crippen MR) is 65.0 cm³/mol. The third kappa shape index (κ3) is 2.25. The summed E-state index contributed by atoms with van der Waals surface area (Å²) in [7, 11) is 1.71. The minimum absolute atomic E-state index is 0.0483. The largest absolute Gasteiger partial charge is 0.287 e. The van der Waals surface area contributed by atoms with E-state index in [-0.39, 0.29) is 5.78 Å². The van der Waals surface area contributed by atoms with Crippen molar-refractivity contribution in [3.8, 4) is 0 Å². The number of benzene rings is 1. The van der Waals surface area contributed by atoms with Gasteiger partial charge in [0.25, 0.3) is 0 Å². The highest BCUT2D eigenvalue weighted by Gasteiger charge is 2.13. The second-order valence-corrected chi connectivity index (χ2v) is 4.35. The summed E-state index contributed by atoms with van der Waals surface area (Å²) in [5, 5.41) is 7.46. The van der Waals surface area contributed by atoms with Crippen LogP contribution in [-0.2, 0) is 7.05 Å². The Balaban J connectivity index is 2.29. The molecule has 0 saturated heterocycles. The van der Waals surface area contributed by atoms with Crippen molar-refractivity contribution >= 4 is 5.78 Å². The number of rotatable bonds is 3. The summed E-state index contributed by atoms with van der Waals surface area (Å²) in [6.45, 7) is 4.25. The molecule has 0 unspecified atom stereocenters. The van der Waals surface area contributed by atoms with Crippen molar-refractivity contribution in [3.63, 3.8) is 0 Å². The van der Waals surface area contributed by atoms with E-state index in [4.69, 9.17) is 0 Å². The summed E-state index contributed by atoms with van der Waals surface area (Å²) in [5.41, 5.74) is 2.40. The number of ketones is 1. The van der Waals surface area contributed by atoms with E-state index < -0.39 is 0 Å². The fraction of sp³-hybridized carbons (Fsp3) is 0.308. The highest BCUT2D eigenvalue weighted by atomic mass is 16.1. The van der Waals surface area contributed by atoms with Gasteiger partial charge < -0.3 is 0 Å². The van der Waals surface area contributed by atoms with E-state index >= 15 is 0 Å². The Bertz CT molecular complexity index is 526. The van der Waals surface area contributed by atoms with Gasteiger partial charge in [0.2, 0.25) is 5.78 Å². The molecule has 0 spiro atoms. The van der Waals surface area contributed by atoms with E-state index in [9.17, 15) is 4.79 Å². The van der Waals surface area contributed by atoms with Gasteiger partial charge in [-0.25, -0.2) is 4.68 Å². The van der Waals surface area contributed by atoms with Gasteiger partial charge >= 0.3 is 0 Å². The summed E-state index contributed by atoms with van der Waals surface area (Å²) < 4.78 is 1.48. The van der Waals surface area contributed by atoms with E-state index in [0.717, 1.165) is 0 Å². The standard InChI is InChI=1S/C13H15N3O/c1-9(2)10-4-6-11(7-5-10)13(17)12-8-14-15-16(12)3/h4-9H,1-3H3. The van der Waals surface area contributed by atoms with Gasteiger partial charge in [0.1, 0.15) is 5.69 Å². The van der Waals surface area contributed by atoms with Crippen LogP contribution >= 0.6 is 0 Å². The van der Waals surface area contributed by atoms with Crippen molar-refractivity contribution in [1.29, 1.82) is 0 Å². The minimum atomic E-state index is -0.0483. The van der Waals surface area contributed by atoms with Crippen LogP contribution < -0.4 is 0 Å². The number of hydrogen-bond acceptors (Lipinski definition) is 3. The lowest BCUT2D eigenvalue weighted by Gasteiger charge is -2.06. The van der Waals surface area contributed by atoms with Crippen molar-refractivity contribution < 1.29 is 4.79 Å². The molecule has 2 aromatic rings. The quantitative estimate of drug-likeness (QED) is 0.758. The molecule has 4 heteroatoms. The van der Waals surface area contributed by atoms with Crippen molar-refractivity contribution in [2.45, 2.75) is 19.8 Å². The molecule has 88 valence electrons. The molecular weight excluding hydrogens is 214 g/mol. The number of aromatic nitrogens is 3. The average molecular weight is 229 g/mol. The van der Waals surface area contributed by atoms with Crippen LogP contribution in [0.5, 0.6) is 0 Å². The molecule has 0 amide bonds. The number of nitrogens with zero attached hydrogens (tertiary/aromatic N) is 3. The molecule has 2 rings (SSSR count). The third-order valence-corrected chi connectivity index (χ3v) is 2.79. The van der Waals surface area contributed by atoms with Crippen LogP contribution in [0.15, 0.2) is 30.5 Å². The maximum atomic E-state index is 12.1. The predicted octanol–water partition coefficient (Wildman–Crippen LogP) is 2.17. The molecule has 0 aliphatic carbocycles. The first-order valence-electron chi connectivity index (χ1n) is 5.59. The van der Waals surface area contributed by atoms with Crippen LogP contribution in [0.3, 0.4) is 0 Å². The first kappa shape index (κ1) is 11.5. The smallest absolute Gasteiger partial charge is 0.212 e. The molecule has 17 heavy (non-hydrogen) atoms. The van der Waals surface area contributed by atoms with Gasteiger partial charge in [0.05, 0.1) is 6.20 Å². The maximum Gasteiger partial charge on any atom is 0.212 e. The number of aryl methyl sites for hydroxylation is 1. The second-order valence-electron chi connectivity index (χ2n) is 4.35. The third-order valence-electron chi connectivity index (χ3n) is 2.79. The van der Waals surface area contributed by atoms with Crippen LogP contribution in [0.2, 0.25) is 0 Å². The maximum absolute atomic E-state index is 12.1. The minimum Gasteiger partial charge on any atom is -0.287 e. The van der Waals surface area contributed by atoms with Gasteiger partial charge in [0.15, 0.2) is 0 Å². The first-order valence-corrected chi connectivity index (χ1v) is 5.59. The Morgan fingerprint density at radius 1 is 1.24 bits per heavy atom. The van der Waals surface area contributed by atoms with Gasteiger partial charge in [0, 0.05) is 12.6 Å². The van der Waals surface area contributed by atoms with Crippen LogP contribution in [-0.4, -0.2) is 20.8 Å². The molecule has 1 aromatic heterocycles. The normalized spacial score (nSPS) is 10.8. The van der Waals surface area contributed by atoms with Crippen LogP contribution in [0, 0.1) is 0 Å². The number of carbonyl (C=O) groups is 1. The zero-order valence-electron chi connectivity index (χ0n) is 10.2. The summed E-state index contributed by atoms with van der Waals surface area (Å²) in [4.78, 5) is 12.1. The molecule has 0 radical (unpaired) electrons. The summed E-state index contributed by atoms with van der Waals surface area (Å²) in [6.07, 6.45) is 1.48. The SMILES string of the molecule is CC(C)c1ccc(C(=O)c2cnnn2C)cc1. The molecule has 4 nitrogen and oxygen atoms in total. The lowest BCUT2D eigenvalue weighted by atomic mass is 10.00. The van der Waals surface area contributed by atoms with Crippen LogP contribution in [0.4, 0.5) is 0 Å². The Labute approximate surface area is 100 Å². The molecule has 0 N–H and O–H groups in total. The van der Waals surface area contributed by atoms with Gasteiger partial charge in [-0.05, 0) is 11.5 Å². The van der Waals surface area contributed by atoms with Gasteiger partial charge in [-0.3, -0.25) is 4.79 Å². The molecule has 1 aromatic carbocycles. The van der Waals surface area contributed by atoms with Gasteiger partial charge in [-0.15, -0.1) is 5.10 Å².